The van der Waals surface area contributed by atoms with Gasteiger partial charge in [-0.3, -0.25) is 0 Å². The number of benzene rings is 2. The van der Waals surface area contributed by atoms with Crippen LogP contribution in [0.1, 0.15) is 5.56 Å². The number of ether oxygens (including phenoxy) is 2. The summed E-state index contributed by atoms with van der Waals surface area (Å²) in [7, 11) is 4.14. The maximum atomic E-state index is 6.14. The molecule has 26 heavy (non-hydrogen) atoms. The van der Waals surface area contributed by atoms with Gasteiger partial charge in [-0.2, -0.15) is 0 Å². The second-order valence-electron chi connectivity index (χ2n) is 6.95. The Labute approximate surface area is 153 Å². The van der Waals surface area contributed by atoms with Crippen molar-refractivity contribution in [2.75, 3.05) is 39.6 Å². The van der Waals surface area contributed by atoms with E-state index in [0.29, 0.717) is 13.2 Å². The minimum absolute atomic E-state index is 0.571. The summed E-state index contributed by atoms with van der Waals surface area (Å²) in [4.78, 5) is 7.06. The van der Waals surface area contributed by atoms with Gasteiger partial charge in [0.05, 0.1) is 11.0 Å². The molecule has 2 heterocycles. The number of nitrogens with two attached hydrogens (primary N) is 1. The maximum Gasteiger partial charge on any atom is 0.163 e. The summed E-state index contributed by atoms with van der Waals surface area (Å²) in [5.41, 5.74) is 11.0. The van der Waals surface area contributed by atoms with E-state index in [-0.39, 0.29) is 0 Å². The van der Waals surface area contributed by atoms with Gasteiger partial charge < -0.3 is 24.7 Å². The van der Waals surface area contributed by atoms with E-state index in [0.717, 1.165) is 58.3 Å². The van der Waals surface area contributed by atoms with Gasteiger partial charge in [-0.25, -0.2) is 4.98 Å². The first kappa shape index (κ1) is 16.7. The van der Waals surface area contributed by atoms with Crippen LogP contribution in [0.4, 0.5) is 5.69 Å². The molecule has 2 N–H and O–H groups in total. The molecule has 0 unspecified atom stereocenters. The highest BCUT2D eigenvalue weighted by molar-refractivity contribution is 5.84. The Morgan fingerprint density at radius 2 is 1.85 bits per heavy atom. The lowest BCUT2D eigenvalue weighted by atomic mass is 10.1. The summed E-state index contributed by atoms with van der Waals surface area (Å²) in [6, 6.07) is 10.1. The summed E-state index contributed by atoms with van der Waals surface area (Å²) >= 11 is 0. The predicted octanol–water partition coefficient (Wildman–Crippen LogP) is 2.93. The van der Waals surface area contributed by atoms with Gasteiger partial charge >= 0.3 is 0 Å². The number of anilines is 1. The Morgan fingerprint density at radius 1 is 1.12 bits per heavy atom. The van der Waals surface area contributed by atoms with Crippen molar-refractivity contribution in [3.05, 3.63) is 35.9 Å². The third-order valence-electron chi connectivity index (χ3n) is 4.72. The second kappa shape index (κ2) is 6.53. The summed E-state index contributed by atoms with van der Waals surface area (Å²) in [5, 5.41) is 0. The van der Waals surface area contributed by atoms with Gasteiger partial charge in [0.15, 0.2) is 11.5 Å². The van der Waals surface area contributed by atoms with Gasteiger partial charge in [0.2, 0.25) is 0 Å². The van der Waals surface area contributed by atoms with Crippen LogP contribution in [0.25, 0.3) is 22.4 Å². The summed E-state index contributed by atoms with van der Waals surface area (Å²) in [6.07, 6.45) is 0. The van der Waals surface area contributed by atoms with Crippen LogP contribution in [-0.4, -0.2) is 48.3 Å². The molecule has 0 spiro atoms. The number of aryl methyl sites for hydroxylation is 1. The molecule has 6 nitrogen and oxygen atoms in total. The van der Waals surface area contributed by atoms with Crippen LogP contribution >= 0.6 is 0 Å². The third-order valence-corrected chi connectivity index (χ3v) is 4.72. The minimum atomic E-state index is 0.571. The number of nitrogens with zero attached hydrogens (tertiary/aromatic N) is 3. The molecule has 1 aliphatic rings. The maximum absolute atomic E-state index is 6.14. The molecule has 3 aromatic rings. The molecule has 0 saturated heterocycles. The number of rotatable bonds is 4. The van der Waals surface area contributed by atoms with Crippen molar-refractivity contribution < 1.29 is 9.47 Å². The fourth-order valence-electron chi connectivity index (χ4n) is 3.19. The van der Waals surface area contributed by atoms with Crippen LogP contribution in [0.15, 0.2) is 30.3 Å². The largest absolute Gasteiger partial charge is 0.486 e. The molecular weight excluding hydrogens is 328 g/mol. The van der Waals surface area contributed by atoms with Crippen LogP contribution in [0.5, 0.6) is 11.5 Å². The van der Waals surface area contributed by atoms with E-state index in [2.05, 4.69) is 29.6 Å². The van der Waals surface area contributed by atoms with Gasteiger partial charge in [-0.1, -0.05) is 12.1 Å². The van der Waals surface area contributed by atoms with Gasteiger partial charge in [0, 0.05) is 36.5 Å². The lowest BCUT2D eigenvalue weighted by molar-refractivity contribution is 0.172. The first-order valence-corrected chi connectivity index (χ1v) is 8.84. The third kappa shape index (κ3) is 2.97. The number of likely N-dealkylation sites (N-methyl/N-ethyl adjacent to an activating group) is 1. The molecule has 4 rings (SSSR count). The topological polar surface area (TPSA) is 65.5 Å². The smallest absolute Gasteiger partial charge is 0.163 e. The number of nitrogen functional groups attached to an aromatic ring is 1. The molecule has 1 aromatic heterocycles. The fraction of sp³-hybridized carbons (Fsp3) is 0.350. The molecule has 1 aliphatic heterocycles. The van der Waals surface area contributed by atoms with Crippen molar-refractivity contribution >= 4 is 16.7 Å². The van der Waals surface area contributed by atoms with Crippen molar-refractivity contribution in [2.45, 2.75) is 13.5 Å². The number of fused-ring (bicyclic) bond motifs is 2. The minimum Gasteiger partial charge on any atom is -0.486 e. The number of imidazole rings is 1. The van der Waals surface area contributed by atoms with Crippen molar-refractivity contribution in [1.82, 2.24) is 14.5 Å². The van der Waals surface area contributed by atoms with Crippen molar-refractivity contribution in [1.29, 1.82) is 0 Å². The molecule has 0 saturated carbocycles. The second-order valence-corrected chi connectivity index (χ2v) is 6.95. The van der Waals surface area contributed by atoms with Gasteiger partial charge in [0.25, 0.3) is 0 Å². The van der Waals surface area contributed by atoms with E-state index in [4.69, 9.17) is 20.2 Å². The van der Waals surface area contributed by atoms with Gasteiger partial charge in [-0.15, -0.1) is 0 Å². The zero-order chi connectivity index (χ0) is 18.3. The Balaban J connectivity index is 1.89. The van der Waals surface area contributed by atoms with E-state index in [9.17, 15) is 0 Å². The molecule has 2 aromatic carbocycles. The highest BCUT2D eigenvalue weighted by Crippen LogP contribution is 2.36. The van der Waals surface area contributed by atoms with E-state index in [1.807, 2.05) is 31.2 Å². The molecule has 6 heteroatoms. The summed E-state index contributed by atoms with van der Waals surface area (Å²) in [5.74, 6) is 2.46. The van der Waals surface area contributed by atoms with E-state index >= 15 is 0 Å². The van der Waals surface area contributed by atoms with Crippen LogP contribution < -0.4 is 15.2 Å². The van der Waals surface area contributed by atoms with Crippen molar-refractivity contribution in [3.63, 3.8) is 0 Å². The lowest BCUT2D eigenvalue weighted by Crippen LogP contribution is -2.19. The summed E-state index contributed by atoms with van der Waals surface area (Å²) < 4.78 is 13.7. The fourth-order valence-corrected chi connectivity index (χ4v) is 3.19. The highest BCUT2D eigenvalue weighted by atomic mass is 16.6. The molecule has 136 valence electrons. The average molecular weight is 352 g/mol. The van der Waals surface area contributed by atoms with Crippen LogP contribution in [0.3, 0.4) is 0 Å². The normalized spacial score (nSPS) is 13.5. The first-order chi connectivity index (χ1) is 12.5. The van der Waals surface area contributed by atoms with Gasteiger partial charge in [0.1, 0.15) is 19.0 Å². The SMILES string of the molecule is Cc1ccc(-c2nc3cc4c(cc3n2CCN(C)C)OCCO4)cc1N. The number of hydrogen-bond donors (Lipinski definition) is 1. The van der Waals surface area contributed by atoms with Crippen molar-refractivity contribution in [3.8, 4) is 22.9 Å². The monoisotopic (exact) mass is 352 g/mol. The van der Waals surface area contributed by atoms with E-state index < -0.39 is 0 Å². The number of aromatic nitrogens is 2. The van der Waals surface area contributed by atoms with Crippen LogP contribution in [0.2, 0.25) is 0 Å². The first-order valence-electron chi connectivity index (χ1n) is 8.84. The average Bonchev–Trinajstić information content (AvgIpc) is 2.97. The Morgan fingerprint density at radius 3 is 2.54 bits per heavy atom. The zero-order valence-corrected chi connectivity index (χ0v) is 15.5. The Hall–Kier alpha value is -2.73. The van der Waals surface area contributed by atoms with Crippen LogP contribution in [-0.2, 0) is 6.54 Å². The Bertz CT molecular complexity index is 962. The molecule has 0 fully saturated rings. The quantitative estimate of drug-likeness (QED) is 0.732. The molecule has 0 atom stereocenters. The molecule has 0 aliphatic carbocycles. The molecule has 0 bridgehead atoms. The Kier molecular flexibility index (Phi) is 4.20. The molecule has 0 amide bonds. The predicted molar refractivity (Wildman–Crippen MR) is 104 cm³/mol. The van der Waals surface area contributed by atoms with Crippen LogP contribution in [0, 0.1) is 6.92 Å². The highest BCUT2D eigenvalue weighted by Gasteiger charge is 2.19. The standard InChI is InChI=1S/C20H24N4O2/c1-13-4-5-14(10-15(13)21)20-22-16-11-18-19(26-9-8-25-18)12-17(16)24(20)7-6-23(2)3/h4-5,10-12H,6-9,21H2,1-3H3. The zero-order valence-electron chi connectivity index (χ0n) is 15.5. The van der Waals surface area contributed by atoms with E-state index in [1.54, 1.807) is 0 Å². The lowest BCUT2D eigenvalue weighted by Gasteiger charge is -2.18. The van der Waals surface area contributed by atoms with Crippen molar-refractivity contribution in [2.24, 2.45) is 0 Å². The summed E-state index contributed by atoms with van der Waals surface area (Å²) in [6.45, 7) is 4.89. The molecule has 0 radical (unpaired) electrons. The van der Waals surface area contributed by atoms with E-state index in [1.165, 1.54) is 0 Å². The van der Waals surface area contributed by atoms with Gasteiger partial charge in [-0.05, 0) is 32.6 Å². The number of hydrogen-bond acceptors (Lipinski definition) is 5. The molecular formula is C20H24N4O2.